The summed E-state index contributed by atoms with van der Waals surface area (Å²) < 4.78 is 5.15. The molecule has 1 saturated heterocycles. The van der Waals surface area contributed by atoms with Crippen LogP contribution in [0.4, 0.5) is 0 Å². The lowest BCUT2D eigenvalue weighted by Crippen LogP contribution is -2.30. The third-order valence-corrected chi connectivity index (χ3v) is 1.56. The van der Waals surface area contributed by atoms with Crippen LogP contribution < -0.4 is 10.6 Å². The van der Waals surface area contributed by atoms with Gasteiger partial charge in [0, 0.05) is 33.3 Å². The van der Waals surface area contributed by atoms with Crippen LogP contribution >= 0.6 is 24.8 Å². The summed E-state index contributed by atoms with van der Waals surface area (Å²) in [6.07, 6.45) is 0.354. The van der Waals surface area contributed by atoms with Crippen LogP contribution in [-0.4, -0.2) is 39.4 Å². The van der Waals surface area contributed by atoms with E-state index in [1.807, 2.05) is 0 Å². The lowest BCUT2D eigenvalue weighted by Gasteiger charge is -2.10. The molecule has 0 spiro atoms. The Morgan fingerprint density at radius 3 is 1.91 bits per heavy atom. The molecule has 11 heavy (non-hydrogen) atoms. The molecule has 0 saturated carbocycles. The maximum atomic E-state index is 5.15. The maximum absolute atomic E-state index is 5.15. The predicted molar refractivity (Wildman–Crippen MR) is 51.0 cm³/mol. The quantitative estimate of drug-likeness (QED) is 0.631. The third kappa shape index (κ3) is 5.70. The van der Waals surface area contributed by atoms with Crippen molar-refractivity contribution in [2.24, 2.45) is 0 Å². The van der Waals surface area contributed by atoms with E-state index in [0.717, 1.165) is 26.2 Å². The number of nitrogens with one attached hydrogen (secondary N) is 2. The Balaban J connectivity index is 0. The fourth-order valence-corrected chi connectivity index (χ4v) is 0.942. The van der Waals surface area contributed by atoms with Crippen LogP contribution in [0.15, 0.2) is 0 Å². The van der Waals surface area contributed by atoms with Gasteiger partial charge in [0.15, 0.2) is 0 Å². The zero-order valence-electron chi connectivity index (χ0n) is 6.63. The molecule has 0 aromatic carbocycles. The summed E-state index contributed by atoms with van der Waals surface area (Å²) in [7, 11) is 1.75. The van der Waals surface area contributed by atoms with Crippen molar-refractivity contribution in [3.8, 4) is 0 Å². The van der Waals surface area contributed by atoms with Crippen LogP contribution in [0.2, 0.25) is 0 Å². The molecule has 2 N–H and O–H groups in total. The van der Waals surface area contributed by atoms with Crippen molar-refractivity contribution in [3.63, 3.8) is 0 Å². The Hall–Kier alpha value is 0.460. The summed E-state index contributed by atoms with van der Waals surface area (Å²) in [6, 6.07) is 0. The van der Waals surface area contributed by atoms with Crippen LogP contribution in [-0.2, 0) is 4.74 Å². The Morgan fingerprint density at radius 1 is 1.09 bits per heavy atom. The average molecular weight is 203 g/mol. The van der Waals surface area contributed by atoms with E-state index in [4.69, 9.17) is 4.74 Å². The van der Waals surface area contributed by atoms with E-state index in [1.165, 1.54) is 0 Å². The summed E-state index contributed by atoms with van der Waals surface area (Å²) in [6.45, 7) is 4.06. The highest BCUT2D eigenvalue weighted by molar-refractivity contribution is 5.85. The van der Waals surface area contributed by atoms with E-state index in [0.29, 0.717) is 6.10 Å². The first-order valence-electron chi connectivity index (χ1n) is 3.37. The van der Waals surface area contributed by atoms with Crippen LogP contribution in [0, 0.1) is 0 Å². The summed E-state index contributed by atoms with van der Waals surface area (Å²) in [5.74, 6) is 0. The minimum Gasteiger partial charge on any atom is -0.379 e. The van der Waals surface area contributed by atoms with Gasteiger partial charge in [-0.05, 0) is 0 Å². The van der Waals surface area contributed by atoms with E-state index in [-0.39, 0.29) is 24.8 Å². The van der Waals surface area contributed by atoms with Gasteiger partial charge in [-0.3, -0.25) is 0 Å². The van der Waals surface area contributed by atoms with Crippen LogP contribution in [0.1, 0.15) is 0 Å². The van der Waals surface area contributed by atoms with Gasteiger partial charge in [-0.15, -0.1) is 24.8 Å². The molecule has 0 radical (unpaired) electrons. The smallest absolute Gasteiger partial charge is 0.0819 e. The number of methoxy groups -OCH3 is 1. The molecule has 1 aliphatic heterocycles. The van der Waals surface area contributed by atoms with E-state index < -0.39 is 0 Å². The van der Waals surface area contributed by atoms with Crippen molar-refractivity contribution in [1.82, 2.24) is 10.6 Å². The SMILES string of the molecule is COC1CNCCNC1.Cl.Cl. The van der Waals surface area contributed by atoms with Crippen molar-refractivity contribution in [2.75, 3.05) is 33.3 Å². The Morgan fingerprint density at radius 2 is 1.55 bits per heavy atom. The van der Waals surface area contributed by atoms with Crippen molar-refractivity contribution < 1.29 is 4.74 Å². The van der Waals surface area contributed by atoms with Crippen LogP contribution in [0.25, 0.3) is 0 Å². The second-order valence-electron chi connectivity index (χ2n) is 2.27. The molecule has 0 atom stereocenters. The Kier molecular flexibility index (Phi) is 10.9. The van der Waals surface area contributed by atoms with Gasteiger partial charge in [-0.1, -0.05) is 0 Å². The molecule has 0 unspecified atom stereocenters. The number of halogens is 2. The molecule has 0 amide bonds. The molecule has 0 aromatic rings. The predicted octanol–water partition coefficient (Wildman–Crippen LogP) is 0.0378. The lowest BCUT2D eigenvalue weighted by molar-refractivity contribution is 0.108. The molecular weight excluding hydrogens is 187 g/mol. The molecule has 0 bridgehead atoms. The number of hydrogen-bond donors (Lipinski definition) is 2. The van der Waals surface area contributed by atoms with Gasteiger partial charge in [0.2, 0.25) is 0 Å². The molecule has 1 aliphatic rings. The normalized spacial score (nSPS) is 19.4. The standard InChI is InChI=1S/C6H14N2O.2ClH/c1-9-6-4-7-2-3-8-5-6;;/h6-8H,2-5H2,1H3;2*1H. The first kappa shape index (κ1) is 14.0. The average Bonchev–Trinajstić information content (AvgIpc) is 2.13. The molecule has 3 nitrogen and oxygen atoms in total. The summed E-state index contributed by atoms with van der Waals surface area (Å²) in [4.78, 5) is 0. The van der Waals surface area contributed by atoms with Crippen molar-refractivity contribution in [1.29, 1.82) is 0 Å². The highest BCUT2D eigenvalue weighted by Crippen LogP contribution is 1.87. The minimum atomic E-state index is 0. The number of ether oxygens (including phenoxy) is 1. The van der Waals surface area contributed by atoms with Gasteiger partial charge in [0.25, 0.3) is 0 Å². The fraction of sp³-hybridized carbons (Fsp3) is 1.00. The maximum Gasteiger partial charge on any atom is 0.0819 e. The minimum absolute atomic E-state index is 0. The molecular formula is C6H16Cl2N2O. The zero-order valence-corrected chi connectivity index (χ0v) is 8.26. The second-order valence-corrected chi connectivity index (χ2v) is 2.27. The van der Waals surface area contributed by atoms with Gasteiger partial charge in [-0.25, -0.2) is 0 Å². The van der Waals surface area contributed by atoms with Gasteiger partial charge >= 0.3 is 0 Å². The molecule has 1 fully saturated rings. The number of hydrogen-bond acceptors (Lipinski definition) is 3. The summed E-state index contributed by atoms with van der Waals surface area (Å²) >= 11 is 0. The van der Waals surface area contributed by atoms with Gasteiger partial charge in [0.05, 0.1) is 6.10 Å². The van der Waals surface area contributed by atoms with Crippen molar-refractivity contribution in [2.45, 2.75) is 6.10 Å². The van der Waals surface area contributed by atoms with Crippen molar-refractivity contribution in [3.05, 3.63) is 0 Å². The zero-order chi connectivity index (χ0) is 6.53. The van der Waals surface area contributed by atoms with Gasteiger partial charge < -0.3 is 15.4 Å². The first-order valence-corrected chi connectivity index (χ1v) is 3.37. The first-order chi connectivity index (χ1) is 4.43. The Bertz CT molecular complexity index is 77.0. The molecule has 5 heteroatoms. The van der Waals surface area contributed by atoms with Crippen LogP contribution in [0.3, 0.4) is 0 Å². The highest BCUT2D eigenvalue weighted by Gasteiger charge is 2.08. The fourth-order valence-electron chi connectivity index (χ4n) is 0.942. The molecule has 1 rings (SSSR count). The second kappa shape index (κ2) is 8.56. The molecule has 1 heterocycles. The largest absolute Gasteiger partial charge is 0.379 e. The third-order valence-electron chi connectivity index (χ3n) is 1.56. The van der Waals surface area contributed by atoms with Gasteiger partial charge in [-0.2, -0.15) is 0 Å². The highest BCUT2D eigenvalue weighted by atomic mass is 35.5. The van der Waals surface area contributed by atoms with E-state index in [9.17, 15) is 0 Å². The van der Waals surface area contributed by atoms with Gasteiger partial charge in [0.1, 0.15) is 0 Å². The number of rotatable bonds is 1. The van der Waals surface area contributed by atoms with Crippen LogP contribution in [0.5, 0.6) is 0 Å². The molecule has 70 valence electrons. The monoisotopic (exact) mass is 202 g/mol. The summed E-state index contributed by atoms with van der Waals surface area (Å²) in [5, 5.41) is 6.52. The van der Waals surface area contributed by atoms with E-state index >= 15 is 0 Å². The lowest BCUT2D eigenvalue weighted by atomic mass is 10.3. The molecule has 0 aromatic heterocycles. The Labute approximate surface area is 80.1 Å². The molecule has 0 aliphatic carbocycles. The summed E-state index contributed by atoms with van der Waals surface area (Å²) in [5.41, 5.74) is 0. The van der Waals surface area contributed by atoms with E-state index in [1.54, 1.807) is 7.11 Å². The van der Waals surface area contributed by atoms with Crippen molar-refractivity contribution >= 4 is 24.8 Å². The topological polar surface area (TPSA) is 33.3 Å². The van der Waals surface area contributed by atoms with E-state index in [2.05, 4.69) is 10.6 Å².